The molecule has 5 nitrogen and oxygen atoms in total. The number of halogens is 2. The second-order valence-electron chi connectivity index (χ2n) is 7.12. The minimum atomic E-state index is -3.44. The lowest BCUT2D eigenvalue weighted by Gasteiger charge is -2.25. The van der Waals surface area contributed by atoms with Crippen molar-refractivity contribution < 1.29 is 17.6 Å². The summed E-state index contributed by atoms with van der Waals surface area (Å²) in [4.78, 5) is 12.4. The normalized spacial score (nSPS) is 15.2. The second kappa shape index (κ2) is 9.82. The van der Waals surface area contributed by atoms with E-state index < -0.39 is 10.0 Å². The van der Waals surface area contributed by atoms with Gasteiger partial charge in [-0.3, -0.25) is 4.79 Å². The molecule has 0 bridgehead atoms. The Morgan fingerprint density at radius 2 is 1.76 bits per heavy atom. The Bertz CT molecular complexity index is 958. The summed E-state index contributed by atoms with van der Waals surface area (Å²) >= 11 is 3.28. The van der Waals surface area contributed by atoms with Crippen molar-refractivity contribution in [3.05, 3.63) is 63.9 Å². The first kappa shape index (κ1) is 21.9. The highest BCUT2D eigenvalue weighted by Crippen LogP contribution is 2.21. The minimum Gasteiger partial charge on any atom is -0.352 e. The fourth-order valence-corrected chi connectivity index (χ4v) is 5.23. The van der Waals surface area contributed by atoms with Crippen molar-refractivity contribution in [1.29, 1.82) is 0 Å². The number of piperidine rings is 1. The highest BCUT2D eigenvalue weighted by molar-refractivity contribution is 9.10. The van der Waals surface area contributed by atoms with Crippen LogP contribution in [0.25, 0.3) is 0 Å². The van der Waals surface area contributed by atoms with Gasteiger partial charge in [-0.2, -0.15) is 4.31 Å². The number of carbonyl (C=O) groups excluding carboxylic acids is 1. The quantitative estimate of drug-likeness (QED) is 0.647. The lowest BCUT2D eigenvalue weighted by Crippen LogP contribution is -2.35. The molecular weight excluding hydrogens is 459 g/mol. The van der Waals surface area contributed by atoms with Gasteiger partial charge in [0, 0.05) is 36.1 Å². The Morgan fingerprint density at radius 3 is 2.45 bits per heavy atom. The third-order valence-corrected chi connectivity index (χ3v) is 7.41. The van der Waals surface area contributed by atoms with Crippen LogP contribution in [0, 0.1) is 5.82 Å². The first-order chi connectivity index (χ1) is 13.9. The van der Waals surface area contributed by atoms with Crippen LogP contribution >= 0.6 is 15.9 Å². The van der Waals surface area contributed by atoms with Crippen LogP contribution in [0.2, 0.25) is 0 Å². The number of nitrogens with one attached hydrogen (secondary N) is 1. The van der Waals surface area contributed by atoms with Crippen molar-refractivity contribution in [1.82, 2.24) is 9.62 Å². The van der Waals surface area contributed by atoms with Crippen LogP contribution in [-0.2, 0) is 27.8 Å². The van der Waals surface area contributed by atoms with Gasteiger partial charge in [0.1, 0.15) is 5.82 Å². The van der Waals surface area contributed by atoms with Crippen LogP contribution in [0.1, 0.15) is 36.8 Å². The van der Waals surface area contributed by atoms with E-state index in [1.165, 1.54) is 6.07 Å². The molecule has 2 aromatic rings. The van der Waals surface area contributed by atoms with Crippen molar-refractivity contribution in [3.63, 3.8) is 0 Å². The van der Waals surface area contributed by atoms with Crippen LogP contribution in [-0.4, -0.2) is 31.7 Å². The minimum absolute atomic E-state index is 0.122. The van der Waals surface area contributed by atoms with Crippen molar-refractivity contribution >= 4 is 31.9 Å². The molecule has 0 aromatic heterocycles. The van der Waals surface area contributed by atoms with Gasteiger partial charge >= 0.3 is 0 Å². The number of hydrogen-bond donors (Lipinski definition) is 1. The van der Waals surface area contributed by atoms with Crippen molar-refractivity contribution in [2.24, 2.45) is 0 Å². The molecule has 29 heavy (non-hydrogen) atoms. The molecule has 8 heteroatoms. The van der Waals surface area contributed by atoms with Gasteiger partial charge in [0.15, 0.2) is 0 Å². The summed E-state index contributed by atoms with van der Waals surface area (Å²) in [6.07, 6.45) is 3.60. The Labute approximate surface area is 179 Å². The van der Waals surface area contributed by atoms with Crippen LogP contribution in [0.3, 0.4) is 0 Å². The molecule has 0 aliphatic carbocycles. The topological polar surface area (TPSA) is 66.5 Å². The molecule has 1 N–H and O–H groups in total. The number of sulfonamides is 1. The predicted octanol–water partition coefficient (Wildman–Crippen LogP) is 4.01. The molecular formula is C21H24BrFN2O3S. The number of aryl methyl sites for hydroxylation is 1. The van der Waals surface area contributed by atoms with E-state index in [4.69, 9.17) is 0 Å². The molecule has 0 spiro atoms. The molecule has 1 heterocycles. The summed E-state index contributed by atoms with van der Waals surface area (Å²) in [7, 11) is -3.44. The molecule has 1 fully saturated rings. The maximum absolute atomic E-state index is 13.7. The van der Waals surface area contributed by atoms with Gasteiger partial charge in [0.25, 0.3) is 0 Å². The van der Waals surface area contributed by atoms with Gasteiger partial charge in [0.2, 0.25) is 15.9 Å². The highest BCUT2D eigenvalue weighted by Gasteiger charge is 2.25. The predicted molar refractivity (Wildman–Crippen MR) is 113 cm³/mol. The maximum atomic E-state index is 13.7. The molecule has 0 atom stereocenters. The number of hydrogen-bond acceptors (Lipinski definition) is 3. The summed E-state index contributed by atoms with van der Waals surface area (Å²) in [5.41, 5.74) is 1.30. The zero-order chi connectivity index (χ0) is 20.9. The van der Waals surface area contributed by atoms with E-state index in [1.54, 1.807) is 40.7 Å². The zero-order valence-corrected chi connectivity index (χ0v) is 18.4. The van der Waals surface area contributed by atoms with Crippen LogP contribution in [0.4, 0.5) is 4.39 Å². The third-order valence-electron chi connectivity index (χ3n) is 5.00. The van der Waals surface area contributed by atoms with Gasteiger partial charge < -0.3 is 5.32 Å². The zero-order valence-electron chi connectivity index (χ0n) is 16.0. The first-order valence-electron chi connectivity index (χ1n) is 9.66. The average molecular weight is 483 g/mol. The average Bonchev–Trinajstić information content (AvgIpc) is 2.74. The molecule has 2 aromatic carbocycles. The van der Waals surface area contributed by atoms with E-state index in [9.17, 15) is 17.6 Å². The van der Waals surface area contributed by atoms with E-state index in [-0.39, 0.29) is 29.6 Å². The number of nitrogens with zero attached hydrogens (tertiary/aromatic N) is 1. The van der Waals surface area contributed by atoms with Crippen molar-refractivity contribution in [3.8, 4) is 0 Å². The number of amides is 1. The molecule has 1 amide bonds. The first-order valence-corrected chi connectivity index (χ1v) is 11.9. The molecule has 156 valence electrons. The Balaban J connectivity index is 1.52. The SMILES string of the molecule is O=C(CCc1ccc(S(=O)(=O)N2CCCCC2)cc1)NCc1cc(Br)ccc1F. The second-order valence-corrected chi connectivity index (χ2v) is 9.97. The van der Waals surface area contributed by atoms with E-state index in [0.717, 1.165) is 29.3 Å². The number of carbonyl (C=O) groups is 1. The van der Waals surface area contributed by atoms with Crippen LogP contribution in [0.5, 0.6) is 0 Å². The molecule has 3 rings (SSSR count). The number of rotatable bonds is 7. The van der Waals surface area contributed by atoms with Crippen molar-refractivity contribution in [2.75, 3.05) is 13.1 Å². The smallest absolute Gasteiger partial charge is 0.243 e. The lowest BCUT2D eigenvalue weighted by molar-refractivity contribution is -0.121. The van der Waals surface area contributed by atoms with Crippen LogP contribution in [0.15, 0.2) is 51.8 Å². The largest absolute Gasteiger partial charge is 0.352 e. The van der Waals surface area contributed by atoms with E-state index >= 15 is 0 Å². The van der Waals surface area contributed by atoms with Gasteiger partial charge in [0.05, 0.1) is 4.90 Å². The summed E-state index contributed by atoms with van der Waals surface area (Å²) in [5, 5.41) is 2.71. The summed E-state index contributed by atoms with van der Waals surface area (Å²) in [6, 6.07) is 11.3. The number of benzene rings is 2. The highest BCUT2D eigenvalue weighted by atomic mass is 79.9. The fourth-order valence-electron chi connectivity index (χ4n) is 3.30. The molecule has 1 saturated heterocycles. The maximum Gasteiger partial charge on any atom is 0.243 e. The third kappa shape index (κ3) is 5.87. The van der Waals surface area contributed by atoms with Gasteiger partial charge in [-0.25, -0.2) is 12.8 Å². The van der Waals surface area contributed by atoms with Gasteiger partial charge in [-0.05, 0) is 55.2 Å². The van der Waals surface area contributed by atoms with Gasteiger partial charge in [-0.15, -0.1) is 0 Å². The Kier molecular flexibility index (Phi) is 7.43. The standard InChI is InChI=1S/C21H24BrFN2O3S/c22-18-7-10-20(23)17(14-18)15-24-21(26)11-6-16-4-8-19(9-5-16)29(27,28)25-12-2-1-3-13-25/h4-5,7-10,14H,1-3,6,11-13,15H2,(H,24,26). The van der Waals surface area contributed by atoms with E-state index in [2.05, 4.69) is 21.2 Å². The fraction of sp³-hybridized carbons (Fsp3) is 0.381. The molecule has 0 radical (unpaired) electrons. The summed E-state index contributed by atoms with van der Waals surface area (Å²) < 4.78 is 41.3. The van der Waals surface area contributed by atoms with Gasteiger partial charge in [-0.1, -0.05) is 34.5 Å². The van der Waals surface area contributed by atoms with E-state index in [1.807, 2.05) is 0 Å². The summed E-state index contributed by atoms with van der Waals surface area (Å²) in [5.74, 6) is -0.548. The van der Waals surface area contributed by atoms with Crippen molar-refractivity contribution in [2.45, 2.75) is 43.5 Å². The molecule has 0 unspecified atom stereocenters. The lowest BCUT2D eigenvalue weighted by atomic mass is 10.1. The van der Waals surface area contributed by atoms with E-state index in [0.29, 0.717) is 25.1 Å². The molecule has 0 saturated carbocycles. The Morgan fingerprint density at radius 1 is 1.07 bits per heavy atom. The monoisotopic (exact) mass is 482 g/mol. The molecule has 1 aliphatic rings. The molecule has 1 aliphatic heterocycles. The Hall–Kier alpha value is -1.77. The van der Waals surface area contributed by atoms with Crippen LogP contribution < -0.4 is 5.32 Å². The summed E-state index contributed by atoms with van der Waals surface area (Å²) in [6.45, 7) is 1.27.